The van der Waals surface area contributed by atoms with Crippen LogP contribution in [0.4, 0.5) is 0 Å². The van der Waals surface area contributed by atoms with Crippen LogP contribution in [-0.4, -0.2) is 52.5 Å². The van der Waals surface area contributed by atoms with Crippen molar-refractivity contribution in [2.75, 3.05) is 26.3 Å². The first-order valence-corrected chi connectivity index (χ1v) is 9.61. The van der Waals surface area contributed by atoms with E-state index in [2.05, 4.69) is 11.2 Å². The Kier molecular flexibility index (Phi) is 4.94. The van der Waals surface area contributed by atoms with Crippen LogP contribution in [0.2, 0.25) is 0 Å². The summed E-state index contributed by atoms with van der Waals surface area (Å²) >= 11 is 0. The zero-order valence-corrected chi connectivity index (χ0v) is 16.6. The van der Waals surface area contributed by atoms with E-state index in [0.717, 1.165) is 5.56 Å². The highest BCUT2D eigenvalue weighted by Crippen LogP contribution is 2.27. The highest BCUT2D eigenvalue weighted by atomic mass is 16.5. The predicted octanol–water partition coefficient (Wildman–Crippen LogP) is 1.55. The Morgan fingerprint density at radius 2 is 1.93 bits per heavy atom. The maximum Gasteiger partial charge on any atom is 0.254 e. The van der Waals surface area contributed by atoms with Crippen molar-refractivity contribution in [1.29, 1.82) is 10.7 Å². The minimum absolute atomic E-state index is 0.0382. The Bertz CT molecular complexity index is 1040. The lowest BCUT2D eigenvalue weighted by atomic mass is 9.92. The fourth-order valence-corrected chi connectivity index (χ4v) is 3.67. The van der Waals surface area contributed by atoms with E-state index in [4.69, 9.17) is 14.9 Å². The molecular weight excluding hydrogens is 370 g/mol. The summed E-state index contributed by atoms with van der Waals surface area (Å²) in [6, 6.07) is 9.12. The number of aromatic nitrogens is 2. The second-order valence-corrected chi connectivity index (χ2v) is 7.85. The Morgan fingerprint density at radius 3 is 2.59 bits per heavy atom. The third-order valence-corrected chi connectivity index (χ3v) is 5.29. The van der Waals surface area contributed by atoms with Gasteiger partial charge in [-0.25, -0.2) is 4.68 Å². The van der Waals surface area contributed by atoms with E-state index < -0.39 is 0 Å². The number of hydrogen-bond acceptors (Lipinski definition) is 6. The third kappa shape index (κ3) is 3.67. The number of carbonyl (C=O) groups is 1. The van der Waals surface area contributed by atoms with Gasteiger partial charge in [-0.05, 0) is 38.1 Å². The molecule has 1 fully saturated rings. The normalized spacial score (nSPS) is 18.0. The van der Waals surface area contributed by atoms with Gasteiger partial charge in [0.1, 0.15) is 11.6 Å². The van der Waals surface area contributed by atoms with Crippen LogP contribution in [0.25, 0.3) is 5.69 Å². The SMILES string of the molecule is CC1(C)Cc2c(nn(-c3ccc(C(=O)N4CCOCC4)cc3)c(=N)c2C#N)CO1. The zero-order valence-electron chi connectivity index (χ0n) is 16.6. The lowest BCUT2D eigenvalue weighted by Crippen LogP contribution is -2.40. The van der Waals surface area contributed by atoms with Crippen LogP contribution in [0, 0.1) is 16.7 Å². The van der Waals surface area contributed by atoms with Gasteiger partial charge >= 0.3 is 0 Å². The van der Waals surface area contributed by atoms with Crippen LogP contribution in [0.15, 0.2) is 24.3 Å². The van der Waals surface area contributed by atoms with E-state index in [1.165, 1.54) is 4.68 Å². The van der Waals surface area contributed by atoms with Crippen LogP contribution in [-0.2, 0) is 22.5 Å². The first-order chi connectivity index (χ1) is 13.9. The summed E-state index contributed by atoms with van der Waals surface area (Å²) in [6.45, 7) is 6.50. The molecule has 1 amide bonds. The highest BCUT2D eigenvalue weighted by molar-refractivity contribution is 5.94. The fraction of sp³-hybridized carbons (Fsp3) is 0.429. The van der Waals surface area contributed by atoms with Gasteiger partial charge in [-0.1, -0.05) is 0 Å². The van der Waals surface area contributed by atoms with Gasteiger partial charge in [-0.3, -0.25) is 10.2 Å². The van der Waals surface area contributed by atoms with Gasteiger partial charge in [-0.2, -0.15) is 10.4 Å². The molecule has 150 valence electrons. The van der Waals surface area contributed by atoms with Gasteiger partial charge in [0.25, 0.3) is 5.91 Å². The first-order valence-electron chi connectivity index (χ1n) is 9.61. The number of ether oxygens (including phenoxy) is 2. The highest BCUT2D eigenvalue weighted by Gasteiger charge is 2.30. The number of hydrogen-bond donors (Lipinski definition) is 1. The van der Waals surface area contributed by atoms with Crippen molar-refractivity contribution in [2.45, 2.75) is 32.5 Å². The van der Waals surface area contributed by atoms with Gasteiger partial charge < -0.3 is 14.4 Å². The van der Waals surface area contributed by atoms with E-state index in [1.807, 2.05) is 13.8 Å². The van der Waals surface area contributed by atoms with Crippen LogP contribution in [0.5, 0.6) is 0 Å². The summed E-state index contributed by atoms with van der Waals surface area (Å²) in [5, 5.41) is 22.7. The molecule has 0 atom stereocenters. The quantitative estimate of drug-likeness (QED) is 0.834. The predicted molar refractivity (Wildman–Crippen MR) is 103 cm³/mol. The standard InChI is InChI=1S/C21H23N5O3/c1-21(2)11-16-17(12-22)19(23)26(24-18(16)13-29-21)15-5-3-14(4-6-15)20(27)25-7-9-28-10-8-25/h3-6,23H,7-11,13H2,1-2H3. The molecule has 2 aliphatic heterocycles. The Labute approximate surface area is 168 Å². The molecule has 8 heteroatoms. The van der Waals surface area contributed by atoms with E-state index in [1.54, 1.807) is 29.2 Å². The molecule has 1 saturated heterocycles. The molecule has 0 radical (unpaired) electrons. The van der Waals surface area contributed by atoms with Crippen molar-refractivity contribution in [3.05, 3.63) is 52.1 Å². The fourth-order valence-electron chi connectivity index (χ4n) is 3.67. The van der Waals surface area contributed by atoms with E-state index in [-0.39, 0.29) is 17.0 Å². The molecule has 0 saturated carbocycles. The van der Waals surface area contributed by atoms with Crippen molar-refractivity contribution in [3.63, 3.8) is 0 Å². The van der Waals surface area contributed by atoms with E-state index in [0.29, 0.717) is 61.8 Å². The lowest BCUT2D eigenvalue weighted by Gasteiger charge is -2.32. The lowest BCUT2D eigenvalue weighted by molar-refractivity contribution is -0.0428. The number of morpholine rings is 1. The van der Waals surface area contributed by atoms with Gasteiger partial charge in [0.15, 0.2) is 5.49 Å². The minimum Gasteiger partial charge on any atom is -0.378 e. The summed E-state index contributed by atoms with van der Waals surface area (Å²) < 4.78 is 12.6. The molecule has 1 aromatic heterocycles. The number of carbonyl (C=O) groups excluding carboxylic acids is 1. The Morgan fingerprint density at radius 1 is 1.24 bits per heavy atom. The largest absolute Gasteiger partial charge is 0.378 e. The summed E-state index contributed by atoms with van der Waals surface area (Å²) in [6.07, 6.45) is 0.540. The van der Waals surface area contributed by atoms with Gasteiger partial charge in [0.05, 0.1) is 36.8 Å². The van der Waals surface area contributed by atoms with E-state index in [9.17, 15) is 10.1 Å². The van der Waals surface area contributed by atoms with Gasteiger partial charge in [-0.15, -0.1) is 0 Å². The van der Waals surface area contributed by atoms with Crippen molar-refractivity contribution in [2.24, 2.45) is 0 Å². The molecule has 0 unspecified atom stereocenters. The molecule has 29 heavy (non-hydrogen) atoms. The van der Waals surface area contributed by atoms with Crippen LogP contribution in [0.3, 0.4) is 0 Å². The maximum absolute atomic E-state index is 12.6. The number of nitrogens with zero attached hydrogens (tertiary/aromatic N) is 4. The first kappa shape index (κ1) is 19.3. The van der Waals surface area contributed by atoms with E-state index >= 15 is 0 Å². The molecule has 1 aromatic carbocycles. The minimum atomic E-state index is -0.388. The van der Waals surface area contributed by atoms with Crippen LogP contribution in [0.1, 0.15) is 41.0 Å². The Hall–Kier alpha value is -3.02. The molecule has 2 aromatic rings. The molecule has 4 rings (SSSR count). The molecule has 1 N–H and O–H groups in total. The molecule has 3 heterocycles. The molecule has 0 aliphatic carbocycles. The van der Waals surface area contributed by atoms with Crippen LogP contribution < -0.4 is 5.49 Å². The molecule has 0 spiro atoms. The molecular formula is C21H23N5O3. The van der Waals surface area contributed by atoms with Crippen molar-refractivity contribution in [1.82, 2.24) is 14.7 Å². The number of nitriles is 1. The topological polar surface area (TPSA) is 104 Å². The number of nitrogens with one attached hydrogen (secondary N) is 1. The van der Waals surface area contributed by atoms with Crippen molar-refractivity contribution < 1.29 is 14.3 Å². The van der Waals surface area contributed by atoms with Crippen LogP contribution >= 0.6 is 0 Å². The number of amides is 1. The average Bonchev–Trinajstić information content (AvgIpc) is 2.73. The molecule has 2 aliphatic rings. The van der Waals surface area contributed by atoms with Crippen molar-refractivity contribution >= 4 is 5.91 Å². The summed E-state index contributed by atoms with van der Waals surface area (Å²) in [7, 11) is 0. The second kappa shape index (κ2) is 7.43. The van der Waals surface area contributed by atoms with Crippen molar-refractivity contribution in [3.8, 4) is 11.8 Å². The van der Waals surface area contributed by atoms with Gasteiger partial charge in [0.2, 0.25) is 0 Å². The smallest absolute Gasteiger partial charge is 0.254 e. The number of benzene rings is 1. The number of rotatable bonds is 2. The third-order valence-electron chi connectivity index (χ3n) is 5.29. The Balaban J connectivity index is 1.68. The second-order valence-electron chi connectivity index (χ2n) is 7.85. The molecule has 0 bridgehead atoms. The van der Waals surface area contributed by atoms with Gasteiger partial charge in [0, 0.05) is 30.6 Å². The average molecular weight is 393 g/mol. The maximum atomic E-state index is 12.6. The molecule has 8 nitrogen and oxygen atoms in total. The zero-order chi connectivity index (χ0) is 20.6. The monoisotopic (exact) mass is 393 g/mol. The summed E-state index contributed by atoms with van der Waals surface area (Å²) in [4.78, 5) is 14.4. The summed E-state index contributed by atoms with van der Waals surface area (Å²) in [5.74, 6) is -0.0392. The summed E-state index contributed by atoms with van der Waals surface area (Å²) in [5.41, 5.74) is 2.62. The number of fused-ring (bicyclic) bond motifs is 1.